The standard InChI is InChI=1S/C15H30ClNO/c1-6-7-13(8-9-16)11-17-14(18)10-12(2)15(3,4)5/h12-13H,6-11H2,1-5H3,(H,17,18). The van der Waals surface area contributed by atoms with E-state index in [1.54, 1.807) is 0 Å². The van der Waals surface area contributed by atoms with E-state index in [4.69, 9.17) is 11.6 Å². The molecule has 18 heavy (non-hydrogen) atoms. The lowest BCUT2D eigenvalue weighted by atomic mass is 9.80. The van der Waals surface area contributed by atoms with Crippen molar-refractivity contribution in [2.75, 3.05) is 12.4 Å². The summed E-state index contributed by atoms with van der Waals surface area (Å²) in [7, 11) is 0. The number of carbonyl (C=O) groups is 1. The molecule has 0 heterocycles. The van der Waals surface area contributed by atoms with Gasteiger partial charge in [0, 0.05) is 18.8 Å². The molecule has 0 saturated heterocycles. The maximum atomic E-state index is 11.9. The topological polar surface area (TPSA) is 29.1 Å². The Kier molecular flexibility index (Phi) is 8.67. The summed E-state index contributed by atoms with van der Waals surface area (Å²) in [4.78, 5) is 11.9. The SMILES string of the molecule is CCCC(CCCl)CNC(=O)CC(C)C(C)(C)C. The van der Waals surface area contributed by atoms with Crippen LogP contribution < -0.4 is 5.32 Å². The van der Waals surface area contributed by atoms with Crippen LogP contribution in [0.3, 0.4) is 0 Å². The Morgan fingerprint density at radius 3 is 2.33 bits per heavy atom. The Morgan fingerprint density at radius 1 is 1.28 bits per heavy atom. The fourth-order valence-electron chi connectivity index (χ4n) is 1.83. The summed E-state index contributed by atoms with van der Waals surface area (Å²) < 4.78 is 0. The number of nitrogens with one attached hydrogen (secondary N) is 1. The van der Waals surface area contributed by atoms with Crippen molar-refractivity contribution in [1.29, 1.82) is 0 Å². The molecule has 0 spiro atoms. The van der Waals surface area contributed by atoms with Crippen LogP contribution >= 0.6 is 11.6 Å². The average Bonchev–Trinajstić information content (AvgIpc) is 2.25. The number of rotatable bonds is 8. The number of amides is 1. The highest BCUT2D eigenvalue weighted by Crippen LogP contribution is 2.27. The smallest absolute Gasteiger partial charge is 0.220 e. The maximum Gasteiger partial charge on any atom is 0.220 e. The predicted molar refractivity (Wildman–Crippen MR) is 80.0 cm³/mol. The first kappa shape index (κ1) is 17.8. The number of hydrogen-bond acceptors (Lipinski definition) is 1. The molecule has 0 rings (SSSR count). The summed E-state index contributed by atoms with van der Waals surface area (Å²) in [6, 6.07) is 0. The average molecular weight is 276 g/mol. The summed E-state index contributed by atoms with van der Waals surface area (Å²) in [6.45, 7) is 11.6. The second-order valence-electron chi connectivity index (χ2n) is 6.41. The van der Waals surface area contributed by atoms with Crippen molar-refractivity contribution in [3.63, 3.8) is 0 Å². The molecule has 0 aliphatic rings. The van der Waals surface area contributed by atoms with Crippen LogP contribution in [0.5, 0.6) is 0 Å². The molecule has 0 bridgehead atoms. The summed E-state index contributed by atoms with van der Waals surface area (Å²) in [5, 5.41) is 3.06. The monoisotopic (exact) mass is 275 g/mol. The predicted octanol–water partition coefficient (Wildman–Crippen LogP) is 4.22. The van der Waals surface area contributed by atoms with Crippen LogP contribution in [0.4, 0.5) is 0 Å². The number of hydrogen-bond donors (Lipinski definition) is 1. The first-order valence-electron chi connectivity index (χ1n) is 7.13. The van der Waals surface area contributed by atoms with Gasteiger partial charge in [-0.15, -0.1) is 11.6 Å². The third kappa shape index (κ3) is 7.97. The van der Waals surface area contributed by atoms with Gasteiger partial charge in [-0.25, -0.2) is 0 Å². The molecule has 0 aromatic rings. The van der Waals surface area contributed by atoms with Crippen molar-refractivity contribution in [3.8, 4) is 0 Å². The van der Waals surface area contributed by atoms with Gasteiger partial charge in [-0.3, -0.25) is 4.79 Å². The van der Waals surface area contributed by atoms with E-state index in [0.29, 0.717) is 24.1 Å². The first-order chi connectivity index (χ1) is 8.31. The Hall–Kier alpha value is -0.240. The van der Waals surface area contributed by atoms with Crippen LogP contribution in [-0.4, -0.2) is 18.3 Å². The lowest BCUT2D eigenvalue weighted by Crippen LogP contribution is -2.32. The normalized spacial score (nSPS) is 15.2. The molecule has 3 heteroatoms. The van der Waals surface area contributed by atoms with E-state index in [9.17, 15) is 4.79 Å². The number of carbonyl (C=O) groups excluding carboxylic acids is 1. The summed E-state index contributed by atoms with van der Waals surface area (Å²) in [6.07, 6.45) is 3.89. The number of halogens is 1. The fourth-order valence-corrected chi connectivity index (χ4v) is 2.13. The Labute approximate surface area is 118 Å². The highest BCUT2D eigenvalue weighted by Gasteiger charge is 2.22. The van der Waals surface area contributed by atoms with Crippen molar-refractivity contribution in [2.24, 2.45) is 17.3 Å². The fraction of sp³-hybridized carbons (Fsp3) is 0.933. The highest BCUT2D eigenvalue weighted by molar-refractivity contribution is 6.17. The van der Waals surface area contributed by atoms with E-state index >= 15 is 0 Å². The third-order valence-electron chi connectivity index (χ3n) is 3.77. The molecule has 0 aliphatic heterocycles. The lowest BCUT2D eigenvalue weighted by molar-refractivity contribution is -0.122. The zero-order valence-corrected chi connectivity index (χ0v) is 13.4. The van der Waals surface area contributed by atoms with E-state index in [1.807, 2.05) is 0 Å². The van der Waals surface area contributed by atoms with E-state index in [1.165, 1.54) is 0 Å². The molecule has 1 N–H and O–H groups in total. The van der Waals surface area contributed by atoms with E-state index in [2.05, 4.69) is 39.9 Å². The second kappa shape index (κ2) is 8.79. The minimum atomic E-state index is 0.174. The zero-order chi connectivity index (χ0) is 14.2. The summed E-state index contributed by atoms with van der Waals surface area (Å²) in [5.41, 5.74) is 0.191. The Morgan fingerprint density at radius 2 is 1.89 bits per heavy atom. The van der Waals surface area contributed by atoms with Crippen LogP contribution in [0.25, 0.3) is 0 Å². The molecule has 0 saturated carbocycles. The van der Waals surface area contributed by atoms with Gasteiger partial charge in [0.05, 0.1) is 0 Å². The van der Waals surface area contributed by atoms with Crippen LogP contribution in [0.2, 0.25) is 0 Å². The van der Waals surface area contributed by atoms with Crippen LogP contribution in [0.1, 0.15) is 60.3 Å². The molecule has 0 aromatic heterocycles. The summed E-state index contributed by atoms with van der Waals surface area (Å²) >= 11 is 5.78. The summed E-state index contributed by atoms with van der Waals surface area (Å²) in [5.74, 6) is 1.78. The van der Waals surface area contributed by atoms with Gasteiger partial charge < -0.3 is 5.32 Å². The van der Waals surface area contributed by atoms with E-state index in [0.717, 1.165) is 25.8 Å². The van der Waals surface area contributed by atoms with Gasteiger partial charge in [-0.05, 0) is 30.1 Å². The van der Waals surface area contributed by atoms with Gasteiger partial charge in [0.15, 0.2) is 0 Å². The van der Waals surface area contributed by atoms with Crippen LogP contribution in [0.15, 0.2) is 0 Å². The van der Waals surface area contributed by atoms with Gasteiger partial charge in [0.1, 0.15) is 0 Å². The minimum absolute atomic E-state index is 0.174. The van der Waals surface area contributed by atoms with Gasteiger partial charge in [0.2, 0.25) is 5.91 Å². The highest BCUT2D eigenvalue weighted by atomic mass is 35.5. The second-order valence-corrected chi connectivity index (χ2v) is 6.79. The molecule has 2 unspecified atom stereocenters. The van der Waals surface area contributed by atoms with Crippen molar-refractivity contribution in [1.82, 2.24) is 5.32 Å². The zero-order valence-electron chi connectivity index (χ0n) is 12.7. The molecule has 108 valence electrons. The maximum absolute atomic E-state index is 11.9. The molecule has 0 aliphatic carbocycles. The minimum Gasteiger partial charge on any atom is -0.356 e. The molecule has 0 fully saturated rings. The van der Waals surface area contributed by atoms with Gasteiger partial charge in [-0.1, -0.05) is 41.0 Å². The molecule has 2 atom stereocenters. The van der Waals surface area contributed by atoms with Crippen molar-refractivity contribution in [2.45, 2.75) is 60.3 Å². The Balaban J connectivity index is 4.00. The van der Waals surface area contributed by atoms with Crippen molar-refractivity contribution < 1.29 is 4.79 Å². The van der Waals surface area contributed by atoms with Gasteiger partial charge in [0.25, 0.3) is 0 Å². The number of alkyl halides is 1. The van der Waals surface area contributed by atoms with Crippen LogP contribution in [0, 0.1) is 17.3 Å². The molecule has 0 radical (unpaired) electrons. The Bertz CT molecular complexity index is 229. The van der Waals surface area contributed by atoms with E-state index in [-0.39, 0.29) is 11.3 Å². The quantitative estimate of drug-likeness (QED) is 0.660. The lowest BCUT2D eigenvalue weighted by Gasteiger charge is -2.27. The molecule has 0 aromatic carbocycles. The van der Waals surface area contributed by atoms with Crippen LogP contribution in [-0.2, 0) is 4.79 Å². The van der Waals surface area contributed by atoms with Crippen molar-refractivity contribution >= 4 is 17.5 Å². The third-order valence-corrected chi connectivity index (χ3v) is 3.99. The molecular weight excluding hydrogens is 246 g/mol. The first-order valence-corrected chi connectivity index (χ1v) is 7.67. The largest absolute Gasteiger partial charge is 0.356 e. The molecule has 2 nitrogen and oxygen atoms in total. The molecular formula is C15H30ClNO. The van der Waals surface area contributed by atoms with E-state index < -0.39 is 0 Å². The molecule has 1 amide bonds. The van der Waals surface area contributed by atoms with Crippen molar-refractivity contribution in [3.05, 3.63) is 0 Å². The van der Waals surface area contributed by atoms with Gasteiger partial charge >= 0.3 is 0 Å². The van der Waals surface area contributed by atoms with Gasteiger partial charge in [-0.2, -0.15) is 0 Å².